The van der Waals surface area contributed by atoms with Gasteiger partial charge >= 0.3 is 0 Å². The third-order valence-electron chi connectivity index (χ3n) is 2.10. The Hall–Kier alpha value is -2.10. The summed E-state index contributed by atoms with van der Waals surface area (Å²) in [4.78, 5) is 10.8. The molecule has 0 radical (unpaired) electrons. The van der Waals surface area contributed by atoms with Gasteiger partial charge in [-0.15, -0.1) is 0 Å². The van der Waals surface area contributed by atoms with E-state index in [1.54, 1.807) is 6.21 Å². The molecule has 15 heavy (non-hydrogen) atoms. The Morgan fingerprint density at radius 2 is 2.20 bits per heavy atom. The van der Waals surface area contributed by atoms with Gasteiger partial charge in [0.15, 0.2) is 0 Å². The molecule has 2 rings (SSSR count). The van der Waals surface area contributed by atoms with Crippen LogP contribution in [0.1, 0.15) is 12.0 Å². The molecule has 0 fully saturated rings. The van der Waals surface area contributed by atoms with Gasteiger partial charge in [0, 0.05) is 0 Å². The number of carbonyl (C=O) groups excluding carboxylic acids is 1. The number of amides is 1. The van der Waals surface area contributed by atoms with E-state index in [9.17, 15) is 4.79 Å². The van der Waals surface area contributed by atoms with Gasteiger partial charge in [0.2, 0.25) is 5.91 Å². The molecule has 1 aliphatic heterocycles. The van der Waals surface area contributed by atoms with Gasteiger partial charge < -0.3 is 5.73 Å². The van der Waals surface area contributed by atoms with Crippen LogP contribution in [0.25, 0.3) is 6.08 Å². The van der Waals surface area contributed by atoms with Crippen LogP contribution in [-0.2, 0) is 4.79 Å². The van der Waals surface area contributed by atoms with Crippen molar-refractivity contribution in [2.45, 2.75) is 6.42 Å². The van der Waals surface area contributed by atoms with Gasteiger partial charge in [0.05, 0.1) is 18.3 Å². The fraction of sp³-hybridized carbons (Fsp3) is 0.0909. The Morgan fingerprint density at radius 3 is 3.00 bits per heavy atom. The number of hydrogen-bond donors (Lipinski definition) is 2. The molecule has 1 aliphatic rings. The van der Waals surface area contributed by atoms with E-state index in [0.29, 0.717) is 0 Å². The lowest BCUT2D eigenvalue weighted by Gasteiger charge is -2.01. The quantitative estimate of drug-likeness (QED) is 0.758. The third-order valence-corrected chi connectivity index (χ3v) is 2.10. The summed E-state index contributed by atoms with van der Waals surface area (Å²) >= 11 is 0. The minimum absolute atomic E-state index is 0.208. The molecule has 4 nitrogen and oxygen atoms in total. The van der Waals surface area contributed by atoms with E-state index in [2.05, 4.69) is 10.5 Å². The maximum atomic E-state index is 10.8. The largest absolute Gasteiger partial charge is 0.369 e. The third kappa shape index (κ3) is 2.22. The van der Waals surface area contributed by atoms with Crippen LogP contribution >= 0.6 is 0 Å². The number of rotatable bonds is 2. The number of nitrogens with zero attached hydrogens (tertiary/aromatic N) is 1. The molecular weight excluding hydrogens is 190 g/mol. The Kier molecular flexibility index (Phi) is 2.49. The Morgan fingerprint density at radius 1 is 1.40 bits per heavy atom. The van der Waals surface area contributed by atoms with Crippen LogP contribution in [0.2, 0.25) is 0 Å². The van der Waals surface area contributed by atoms with Crippen LogP contribution in [0, 0.1) is 0 Å². The summed E-state index contributed by atoms with van der Waals surface area (Å²) < 4.78 is 0. The number of carbonyl (C=O) groups is 1. The summed E-state index contributed by atoms with van der Waals surface area (Å²) in [6.45, 7) is 0. The number of hydrazone groups is 1. The first-order valence-electron chi connectivity index (χ1n) is 4.63. The van der Waals surface area contributed by atoms with Crippen molar-refractivity contribution < 1.29 is 4.79 Å². The molecule has 1 amide bonds. The van der Waals surface area contributed by atoms with Crippen LogP contribution < -0.4 is 11.2 Å². The maximum absolute atomic E-state index is 10.8. The van der Waals surface area contributed by atoms with E-state index in [1.165, 1.54) is 0 Å². The van der Waals surface area contributed by atoms with Gasteiger partial charge in [-0.2, -0.15) is 5.10 Å². The number of nitrogens with one attached hydrogen (secondary N) is 1. The van der Waals surface area contributed by atoms with Crippen molar-refractivity contribution in [2.24, 2.45) is 10.8 Å². The fourth-order valence-corrected chi connectivity index (χ4v) is 1.44. The SMILES string of the molecule is NC(=O)CC1=Cc2ccccc2NN=C1. The Bertz CT molecular complexity index is 449. The summed E-state index contributed by atoms with van der Waals surface area (Å²) in [5, 5.41) is 4.00. The number of para-hydroxylation sites is 1. The van der Waals surface area contributed by atoms with Crippen LogP contribution in [0.4, 0.5) is 5.69 Å². The first kappa shape index (κ1) is 9.45. The molecule has 0 unspecified atom stereocenters. The molecule has 1 heterocycles. The van der Waals surface area contributed by atoms with Gasteiger partial charge in [-0.25, -0.2) is 0 Å². The molecule has 0 atom stereocenters. The number of primary amides is 1. The molecular formula is C11H11N3O. The average molecular weight is 201 g/mol. The highest BCUT2D eigenvalue weighted by atomic mass is 16.1. The molecule has 0 saturated heterocycles. The lowest BCUT2D eigenvalue weighted by Crippen LogP contribution is -2.11. The molecule has 0 saturated carbocycles. The number of nitrogens with two attached hydrogens (primary N) is 1. The summed E-state index contributed by atoms with van der Waals surface area (Å²) in [5.74, 6) is -0.355. The molecule has 0 aliphatic carbocycles. The number of benzene rings is 1. The second-order valence-electron chi connectivity index (χ2n) is 3.32. The van der Waals surface area contributed by atoms with Crippen molar-refractivity contribution in [3.05, 3.63) is 35.4 Å². The van der Waals surface area contributed by atoms with Gasteiger partial charge in [-0.3, -0.25) is 10.2 Å². The molecule has 0 spiro atoms. The van der Waals surface area contributed by atoms with E-state index in [0.717, 1.165) is 16.8 Å². The lowest BCUT2D eigenvalue weighted by molar-refractivity contribution is -0.117. The zero-order valence-electron chi connectivity index (χ0n) is 8.10. The Balaban J connectivity index is 2.35. The minimum Gasteiger partial charge on any atom is -0.369 e. The average Bonchev–Trinajstić information content (AvgIpc) is 2.38. The van der Waals surface area contributed by atoms with Gasteiger partial charge in [0.1, 0.15) is 0 Å². The highest BCUT2D eigenvalue weighted by molar-refractivity contribution is 5.95. The predicted molar refractivity (Wildman–Crippen MR) is 60.3 cm³/mol. The highest BCUT2D eigenvalue weighted by Crippen LogP contribution is 2.20. The second kappa shape index (κ2) is 3.96. The fourth-order valence-electron chi connectivity index (χ4n) is 1.44. The normalized spacial score (nSPS) is 13.5. The molecule has 3 N–H and O–H groups in total. The monoisotopic (exact) mass is 201 g/mol. The summed E-state index contributed by atoms with van der Waals surface area (Å²) in [5.41, 5.74) is 10.8. The molecule has 76 valence electrons. The first-order chi connectivity index (χ1) is 7.25. The summed E-state index contributed by atoms with van der Waals surface area (Å²) in [6, 6.07) is 7.74. The lowest BCUT2D eigenvalue weighted by atomic mass is 10.1. The maximum Gasteiger partial charge on any atom is 0.221 e. The van der Waals surface area contributed by atoms with Crippen molar-refractivity contribution in [1.82, 2.24) is 0 Å². The van der Waals surface area contributed by atoms with E-state index in [-0.39, 0.29) is 12.3 Å². The van der Waals surface area contributed by atoms with E-state index < -0.39 is 0 Å². The number of hydrogen-bond acceptors (Lipinski definition) is 3. The van der Waals surface area contributed by atoms with Crippen molar-refractivity contribution in [3.63, 3.8) is 0 Å². The van der Waals surface area contributed by atoms with Gasteiger partial charge in [-0.05, 0) is 23.3 Å². The first-order valence-corrected chi connectivity index (χ1v) is 4.63. The van der Waals surface area contributed by atoms with Gasteiger partial charge in [-0.1, -0.05) is 18.2 Å². The topological polar surface area (TPSA) is 67.5 Å². The molecule has 0 bridgehead atoms. The molecule has 1 aromatic carbocycles. The molecule has 1 aromatic rings. The van der Waals surface area contributed by atoms with Crippen LogP contribution in [0.3, 0.4) is 0 Å². The van der Waals surface area contributed by atoms with Crippen molar-refractivity contribution in [1.29, 1.82) is 0 Å². The van der Waals surface area contributed by atoms with Crippen LogP contribution in [0.5, 0.6) is 0 Å². The van der Waals surface area contributed by atoms with Gasteiger partial charge in [0.25, 0.3) is 0 Å². The van der Waals surface area contributed by atoms with E-state index in [1.807, 2.05) is 30.3 Å². The zero-order chi connectivity index (χ0) is 10.7. The van der Waals surface area contributed by atoms with Crippen molar-refractivity contribution >= 4 is 23.9 Å². The Labute approximate surface area is 87.5 Å². The zero-order valence-corrected chi connectivity index (χ0v) is 8.10. The smallest absolute Gasteiger partial charge is 0.221 e. The predicted octanol–water partition coefficient (Wildman–Crippen LogP) is 1.36. The number of anilines is 1. The second-order valence-corrected chi connectivity index (χ2v) is 3.32. The summed E-state index contributed by atoms with van der Waals surface area (Å²) in [7, 11) is 0. The standard InChI is InChI=1S/C11H11N3O/c12-11(15)6-8-5-9-3-1-2-4-10(9)14-13-7-8/h1-5,7,14H,6H2,(H2,12,15). The minimum atomic E-state index is -0.355. The van der Waals surface area contributed by atoms with Crippen LogP contribution in [-0.4, -0.2) is 12.1 Å². The van der Waals surface area contributed by atoms with E-state index >= 15 is 0 Å². The van der Waals surface area contributed by atoms with Crippen molar-refractivity contribution in [2.75, 3.05) is 5.43 Å². The summed E-state index contributed by atoms with van der Waals surface area (Å²) in [6.07, 6.45) is 3.73. The highest BCUT2D eigenvalue weighted by Gasteiger charge is 2.05. The van der Waals surface area contributed by atoms with E-state index in [4.69, 9.17) is 5.73 Å². The number of fused-ring (bicyclic) bond motifs is 1. The van der Waals surface area contributed by atoms with Crippen LogP contribution in [0.15, 0.2) is 34.9 Å². The van der Waals surface area contributed by atoms with Crippen molar-refractivity contribution in [3.8, 4) is 0 Å². The molecule has 0 aromatic heterocycles. The molecule has 4 heteroatoms.